The molecule has 0 amide bonds. The second-order valence-electron chi connectivity index (χ2n) is 3.53. The molecule has 0 atom stereocenters. The van der Waals surface area contributed by atoms with Crippen LogP contribution in [0.3, 0.4) is 0 Å². The van der Waals surface area contributed by atoms with Gasteiger partial charge in [-0.2, -0.15) is 0 Å². The molecule has 15 heavy (non-hydrogen) atoms. The van der Waals surface area contributed by atoms with Gasteiger partial charge < -0.3 is 10.4 Å². The largest absolute Gasteiger partial charge is 0.395 e. The zero-order chi connectivity index (χ0) is 11.1. The minimum absolute atomic E-state index is 0.184. The summed E-state index contributed by atoms with van der Waals surface area (Å²) in [6.45, 7) is 4.60. The number of aliphatic hydroxyl groups excluding tert-OH is 1. The van der Waals surface area contributed by atoms with Crippen LogP contribution in [0.1, 0.15) is 12.6 Å². The van der Waals surface area contributed by atoms with E-state index < -0.39 is 0 Å². The van der Waals surface area contributed by atoms with Crippen LogP contribution in [-0.2, 0) is 6.54 Å². The van der Waals surface area contributed by atoms with Gasteiger partial charge in [-0.1, -0.05) is 0 Å². The molecule has 1 aromatic heterocycles. The Bertz CT molecular complexity index is 291. The van der Waals surface area contributed by atoms with Gasteiger partial charge in [0.25, 0.3) is 0 Å². The Morgan fingerprint density at radius 3 is 3.00 bits per heavy atom. The number of likely N-dealkylation sites (N-methyl/N-ethyl adjacent to an activating group) is 1. The molecule has 1 aromatic rings. The SMILES string of the molecule is CCNc1ccnc(CN(C)CCO)c1. The highest BCUT2D eigenvalue weighted by molar-refractivity contribution is 5.42. The molecular formula is C11H19N3O. The van der Waals surface area contributed by atoms with Gasteiger partial charge in [0.15, 0.2) is 0 Å². The van der Waals surface area contributed by atoms with Crippen LogP contribution in [0, 0.1) is 0 Å². The van der Waals surface area contributed by atoms with Crippen molar-refractivity contribution in [1.29, 1.82) is 0 Å². The highest BCUT2D eigenvalue weighted by Crippen LogP contribution is 2.08. The van der Waals surface area contributed by atoms with E-state index in [2.05, 4.69) is 17.2 Å². The minimum Gasteiger partial charge on any atom is -0.395 e. The summed E-state index contributed by atoms with van der Waals surface area (Å²) in [6.07, 6.45) is 1.81. The number of nitrogens with zero attached hydrogens (tertiary/aromatic N) is 2. The molecule has 0 unspecified atom stereocenters. The molecule has 0 saturated heterocycles. The second kappa shape index (κ2) is 6.37. The molecule has 4 nitrogen and oxygen atoms in total. The Balaban J connectivity index is 2.56. The Morgan fingerprint density at radius 2 is 2.33 bits per heavy atom. The van der Waals surface area contributed by atoms with Crippen LogP contribution in [0.15, 0.2) is 18.3 Å². The number of nitrogens with one attached hydrogen (secondary N) is 1. The third kappa shape index (κ3) is 4.27. The van der Waals surface area contributed by atoms with Crippen molar-refractivity contribution in [2.45, 2.75) is 13.5 Å². The summed E-state index contributed by atoms with van der Waals surface area (Å²) in [5, 5.41) is 12.0. The average Bonchev–Trinajstić information content (AvgIpc) is 2.19. The van der Waals surface area contributed by atoms with E-state index in [4.69, 9.17) is 5.11 Å². The van der Waals surface area contributed by atoms with Gasteiger partial charge in [0.1, 0.15) is 0 Å². The first-order valence-corrected chi connectivity index (χ1v) is 5.24. The third-order valence-electron chi connectivity index (χ3n) is 2.11. The van der Waals surface area contributed by atoms with Crippen molar-refractivity contribution in [2.24, 2.45) is 0 Å². The molecule has 1 rings (SSSR count). The summed E-state index contributed by atoms with van der Waals surface area (Å²) in [5.41, 5.74) is 2.12. The van der Waals surface area contributed by atoms with Gasteiger partial charge in [-0.15, -0.1) is 0 Å². The van der Waals surface area contributed by atoms with Crippen LogP contribution < -0.4 is 5.32 Å². The average molecular weight is 209 g/mol. The maximum Gasteiger partial charge on any atom is 0.0564 e. The first kappa shape index (κ1) is 11.9. The van der Waals surface area contributed by atoms with E-state index in [0.29, 0.717) is 6.54 Å². The van der Waals surface area contributed by atoms with E-state index in [1.54, 1.807) is 6.20 Å². The van der Waals surface area contributed by atoms with Gasteiger partial charge in [0.2, 0.25) is 0 Å². The number of rotatable bonds is 6. The Labute approximate surface area is 90.9 Å². The van der Waals surface area contributed by atoms with Crippen LogP contribution in [-0.4, -0.2) is 41.7 Å². The van der Waals surface area contributed by atoms with Crippen molar-refractivity contribution >= 4 is 5.69 Å². The normalized spacial score (nSPS) is 10.7. The first-order chi connectivity index (χ1) is 7.26. The van der Waals surface area contributed by atoms with Crippen molar-refractivity contribution < 1.29 is 5.11 Å². The lowest BCUT2D eigenvalue weighted by Crippen LogP contribution is -2.22. The van der Waals surface area contributed by atoms with E-state index in [0.717, 1.165) is 24.5 Å². The van der Waals surface area contributed by atoms with Crippen LogP contribution in [0.4, 0.5) is 5.69 Å². The highest BCUT2D eigenvalue weighted by atomic mass is 16.3. The lowest BCUT2D eigenvalue weighted by atomic mass is 10.3. The maximum atomic E-state index is 8.78. The molecule has 0 saturated carbocycles. The Hall–Kier alpha value is -1.13. The molecule has 0 radical (unpaired) electrons. The van der Waals surface area contributed by atoms with Crippen molar-refractivity contribution in [3.63, 3.8) is 0 Å². The smallest absolute Gasteiger partial charge is 0.0564 e. The lowest BCUT2D eigenvalue weighted by molar-refractivity contribution is 0.216. The summed E-state index contributed by atoms with van der Waals surface area (Å²) < 4.78 is 0. The highest BCUT2D eigenvalue weighted by Gasteiger charge is 2.01. The monoisotopic (exact) mass is 209 g/mol. The third-order valence-corrected chi connectivity index (χ3v) is 2.11. The summed E-state index contributed by atoms with van der Waals surface area (Å²) >= 11 is 0. The standard InChI is InChI=1S/C11H19N3O/c1-3-12-10-4-5-13-11(8-10)9-14(2)6-7-15/h4-5,8,15H,3,6-7,9H2,1-2H3,(H,12,13). The molecule has 84 valence electrons. The number of aliphatic hydroxyl groups is 1. The molecule has 0 aliphatic carbocycles. The number of anilines is 1. The minimum atomic E-state index is 0.184. The fourth-order valence-corrected chi connectivity index (χ4v) is 1.41. The quantitative estimate of drug-likeness (QED) is 0.732. The first-order valence-electron chi connectivity index (χ1n) is 5.24. The fraction of sp³-hybridized carbons (Fsp3) is 0.545. The van der Waals surface area contributed by atoms with E-state index in [-0.39, 0.29) is 6.61 Å². The molecule has 1 heterocycles. The molecule has 0 spiro atoms. The number of aromatic nitrogens is 1. The fourth-order valence-electron chi connectivity index (χ4n) is 1.41. The van der Waals surface area contributed by atoms with Gasteiger partial charge in [-0.25, -0.2) is 0 Å². The summed E-state index contributed by atoms with van der Waals surface area (Å²) in [4.78, 5) is 6.32. The van der Waals surface area contributed by atoms with Crippen LogP contribution in [0.25, 0.3) is 0 Å². The lowest BCUT2D eigenvalue weighted by Gasteiger charge is -2.14. The topological polar surface area (TPSA) is 48.4 Å². The zero-order valence-corrected chi connectivity index (χ0v) is 9.40. The number of hydrogen-bond donors (Lipinski definition) is 2. The van der Waals surface area contributed by atoms with Crippen molar-refractivity contribution in [2.75, 3.05) is 32.1 Å². The molecule has 4 heteroatoms. The zero-order valence-electron chi connectivity index (χ0n) is 9.40. The molecular weight excluding hydrogens is 190 g/mol. The van der Waals surface area contributed by atoms with Crippen molar-refractivity contribution in [3.05, 3.63) is 24.0 Å². The van der Waals surface area contributed by atoms with Crippen LogP contribution in [0.2, 0.25) is 0 Å². The molecule has 0 fully saturated rings. The Kier molecular flexibility index (Phi) is 5.07. The summed E-state index contributed by atoms with van der Waals surface area (Å²) in [7, 11) is 1.97. The van der Waals surface area contributed by atoms with Gasteiger partial charge in [-0.3, -0.25) is 9.88 Å². The molecule has 0 bridgehead atoms. The van der Waals surface area contributed by atoms with E-state index in [1.165, 1.54) is 0 Å². The van der Waals surface area contributed by atoms with E-state index >= 15 is 0 Å². The van der Waals surface area contributed by atoms with Gasteiger partial charge in [0, 0.05) is 31.5 Å². The van der Waals surface area contributed by atoms with Crippen molar-refractivity contribution in [3.8, 4) is 0 Å². The van der Waals surface area contributed by atoms with Gasteiger partial charge in [0.05, 0.1) is 12.3 Å². The predicted molar refractivity (Wildman–Crippen MR) is 61.8 cm³/mol. The van der Waals surface area contributed by atoms with Crippen LogP contribution in [0.5, 0.6) is 0 Å². The number of hydrogen-bond acceptors (Lipinski definition) is 4. The molecule has 0 aromatic carbocycles. The summed E-state index contributed by atoms with van der Waals surface area (Å²) in [5.74, 6) is 0. The maximum absolute atomic E-state index is 8.78. The van der Waals surface area contributed by atoms with Crippen LogP contribution >= 0.6 is 0 Å². The molecule has 0 aliphatic rings. The molecule has 2 N–H and O–H groups in total. The van der Waals surface area contributed by atoms with Crippen molar-refractivity contribution in [1.82, 2.24) is 9.88 Å². The predicted octanol–water partition coefficient (Wildman–Crippen LogP) is 0.937. The van der Waals surface area contributed by atoms with Gasteiger partial charge in [-0.05, 0) is 26.1 Å². The summed E-state index contributed by atoms with van der Waals surface area (Å²) in [6, 6.07) is 4.00. The van der Waals surface area contributed by atoms with E-state index in [9.17, 15) is 0 Å². The Morgan fingerprint density at radius 1 is 1.53 bits per heavy atom. The number of pyridine rings is 1. The molecule has 0 aliphatic heterocycles. The van der Waals surface area contributed by atoms with E-state index in [1.807, 2.05) is 24.1 Å². The second-order valence-corrected chi connectivity index (χ2v) is 3.53. The van der Waals surface area contributed by atoms with Gasteiger partial charge >= 0.3 is 0 Å².